The van der Waals surface area contributed by atoms with Crippen LogP contribution in [-0.2, 0) is 6.42 Å². The Bertz CT molecular complexity index is 495. The molecule has 1 aromatic carbocycles. The molecular formula is C15H20Cl2N2O. The standard InChI is InChI=1S/C15H20Cl2N2O/c1-15(2,10-19)5-3-7-20-14-11(4-6-18)8-12(16)9-13(14)17/h8-9H,3-7,18H2,1-2H3. The summed E-state index contributed by atoms with van der Waals surface area (Å²) in [6.45, 7) is 4.86. The van der Waals surface area contributed by atoms with Gasteiger partial charge < -0.3 is 10.5 Å². The summed E-state index contributed by atoms with van der Waals surface area (Å²) in [7, 11) is 0. The number of halogens is 2. The van der Waals surface area contributed by atoms with Crippen LogP contribution in [0.5, 0.6) is 5.75 Å². The van der Waals surface area contributed by atoms with E-state index in [1.807, 2.05) is 19.9 Å². The van der Waals surface area contributed by atoms with Gasteiger partial charge in [-0.25, -0.2) is 0 Å². The molecule has 0 saturated carbocycles. The van der Waals surface area contributed by atoms with Crippen LogP contribution in [0.2, 0.25) is 10.0 Å². The summed E-state index contributed by atoms with van der Waals surface area (Å²) in [5.41, 5.74) is 6.18. The summed E-state index contributed by atoms with van der Waals surface area (Å²) < 4.78 is 5.76. The maximum atomic E-state index is 8.96. The van der Waals surface area contributed by atoms with Crippen molar-refractivity contribution in [3.63, 3.8) is 0 Å². The second-order valence-electron chi connectivity index (χ2n) is 5.36. The highest BCUT2D eigenvalue weighted by Crippen LogP contribution is 2.33. The van der Waals surface area contributed by atoms with Gasteiger partial charge in [0.05, 0.1) is 23.1 Å². The van der Waals surface area contributed by atoms with E-state index in [9.17, 15) is 0 Å². The predicted molar refractivity (Wildman–Crippen MR) is 83.3 cm³/mol. The van der Waals surface area contributed by atoms with Crippen molar-refractivity contribution in [3.8, 4) is 11.8 Å². The first-order valence-electron chi connectivity index (χ1n) is 6.61. The summed E-state index contributed by atoms with van der Waals surface area (Å²) in [6.07, 6.45) is 2.24. The molecule has 5 heteroatoms. The minimum atomic E-state index is -0.326. The van der Waals surface area contributed by atoms with E-state index in [0.717, 1.165) is 18.4 Å². The molecule has 0 aliphatic rings. The minimum Gasteiger partial charge on any atom is -0.492 e. The normalized spacial score (nSPS) is 11.2. The van der Waals surface area contributed by atoms with Crippen molar-refractivity contribution in [3.05, 3.63) is 27.7 Å². The van der Waals surface area contributed by atoms with Gasteiger partial charge in [-0.2, -0.15) is 5.26 Å². The molecule has 0 amide bonds. The third kappa shape index (κ3) is 5.20. The zero-order chi connectivity index (χ0) is 15.2. The fraction of sp³-hybridized carbons (Fsp3) is 0.533. The number of hydrogen-bond acceptors (Lipinski definition) is 3. The molecule has 1 aromatic rings. The number of rotatable bonds is 7. The van der Waals surface area contributed by atoms with E-state index in [1.165, 1.54) is 0 Å². The average molecular weight is 315 g/mol. The van der Waals surface area contributed by atoms with E-state index in [1.54, 1.807) is 6.07 Å². The van der Waals surface area contributed by atoms with Gasteiger partial charge in [0.25, 0.3) is 0 Å². The van der Waals surface area contributed by atoms with Crippen molar-refractivity contribution >= 4 is 23.2 Å². The molecule has 3 nitrogen and oxygen atoms in total. The minimum absolute atomic E-state index is 0.326. The van der Waals surface area contributed by atoms with Crippen LogP contribution in [0.1, 0.15) is 32.3 Å². The van der Waals surface area contributed by atoms with Gasteiger partial charge in [0.2, 0.25) is 0 Å². The van der Waals surface area contributed by atoms with Crippen LogP contribution in [0.25, 0.3) is 0 Å². The zero-order valence-electron chi connectivity index (χ0n) is 11.9. The van der Waals surface area contributed by atoms with Crippen molar-refractivity contribution in [2.75, 3.05) is 13.2 Å². The molecule has 2 N–H and O–H groups in total. The molecular weight excluding hydrogens is 295 g/mol. The highest BCUT2D eigenvalue weighted by atomic mass is 35.5. The smallest absolute Gasteiger partial charge is 0.141 e. The average Bonchev–Trinajstić information content (AvgIpc) is 2.37. The van der Waals surface area contributed by atoms with Crippen LogP contribution in [-0.4, -0.2) is 13.2 Å². The first kappa shape index (κ1) is 17.1. The van der Waals surface area contributed by atoms with Gasteiger partial charge in [0.15, 0.2) is 0 Å². The van der Waals surface area contributed by atoms with Crippen molar-refractivity contribution in [2.24, 2.45) is 11.1 Å². The molecule has 0 aliphatic heterocycles. The van der Waals surface area contributed by atoms with Gasteiger partial charge >= 0.3 is 0 Å². The van der Waals surface area contributed by atoms with Crippen molar-refractivity contribution < 1.29 is 4.74 Å². The Hall–Kier alpha value is -0.950. The Morgan fingerprint density at radius 2 is 2.05 bits per heavy atom. The van der Waals surface area contributed by atoms with E-state index in [2.05, 4.69) is 6.07 Å². The van der Waals surface area contributed by atoms with Crippen LogP contribution in [0.4, 0.5) is 0 Å². The van der Waals surface area contributed by atoms with Gasteiger partial charge in [-0.3, -0.25) is 0 Å². The Morgan fingerprint density at radius 1 is 1.35 bits per heavy atom. The quantitative estimate of drug-likeness (QED) is 0.767. The van der Waals surface area contributed by atoms with Crippen molar-refractivity contribution in [1.29, 1.82) is 5.26 Å². The van der Waals surface area contributed by atoms with Gasteiger partial charge in [-0.15, -0.1) is 0 Å². The predicted octanol–water partition coefficient (Wildman–Crippen LogP) is 4.20. The number of benzene rings is 1. The van der Waals surface area contributed by atoms with Crippen LogP contribution < -0.4 is 10.5 Å². The van der Waals surface area contributed by atoms with Crippen LogP contribution in [0, 0.1) is 16.7 Å². The van der Waals surface area contributed by atoms with Gasteiger partial charge in [0, 0.05) is 5.02 Å². The molecule has 0 unspecified atom stereocenters. The van der Waals surface area contributed by atoms with Gasteiger partial charge in [-0.1, -0.05) is 23.2 Å². The molecule has 0 radical (unpaired) electrons. The summed E-state index contributed by atoms with van der Waals surface area (Å²) >= 11 is 12.1. The van der Waals surface area contributed by atoms with Crippen molar-refractivity contribution in [2.45, 2.75) is 33.1 Å². The molecule has 0 heterocycles. The van der Waals surface area contributed by atoms with E-state index in [4.69, 9.17) is 38.9 Å². The maximum Gasteiger partial charge on any atom is 0.141 e. The Labute approximate surface area is 130 Å². The lowest BCUT2D eigenvalue weighted by atomic mass is 9.90. The molecule has 0 saturated heterocycles. The van der Waals surface area contributed by atoms with Crippen LogP contribution >= 0.6 is 23.2 Å². The van der Waals surface area contributed by atoms with Crippen molar-refractivity contribution in [1.82, 2.24) is 0 Å². The number of nitrogens with two attached hydrogens (primary N) is 1. The molecule has 0 atom stereocenters. The zero-order valence-corrected chi connectivity index (χ0v) is 13.4. The molecule has 0 aromatic heterocycles. The molecule has 0 fully saturated rings. The summed E-state index contributed by atoms with van der Waals surface area (Å²) in [4.78, 5) is 0. The van der Waals surface area contributed by atoms with Gasteiger partial charge in [0.1, 0.15) is 5.75 Å². The molecule has 0 bridgehead atoms. The summed E-state index contributed by atoms with van der Waals surface area (Å²) in [5.74, 6) is 0.649. The van der Waals surface area contributed by atoms with Gasteiger partial charge in [-0.05, 0) is 57.4 Å². The lowest BCUT2D eigenvalue weighted by Gasteiger charge is -2.17. The second kappa shape index (κ2) is 7.73. The number of nitrogens with zero attached hydrogens (tertiary/aromatic N) is 1. The van der Waals surface area contributed by atoms with E-state index >= 15 is 0 Å². The number of nitriles is 1. The largest absolute Gasteiger partial charge is 0.492 e. The first-order chi connectivity index (χ1) is 9.39. The Morgan fingerprint density at radius 3 is 2.65 bits per heavy atom. The number of hydrogen-bond donors (Lipinski definition) is 1. The highest BCUT2D eigenvalue weighted by molar-refractivity contribution is 6.35. The summed E-state index contributed by atoms with van der Waals surface area (Å²) in [5, 5.41) is 10.0. The molecule has 20 heavy (non-hydrogen) atoms. The van der Waals surface area contributed by atoms with Crippen LogP contribution in [0.15, 0.2) is 12.1 Å². The summed E-state index contributed by atoms with van der Waals surface area (Å²) in [6, 6.07) is 5.77. The van der Waals surface area contributed by atoms with Crippen LogP contribution in [0.3, 0.4) is 0 Å². The third-order valence-corrected chi connectivity index (χ3v) is 3.49. The fourth-order valence-corrected chi connectivity index (χ4v) is 2.45. The van der Waals surface area contributed by atoms with E-state index in [0.29, 0.717) is 35.4 Å². The molecule has 1 rings (SSSR count). The highest BCUT2D eigenvalue weighted by Gasteiger charge is 2.16. The maximum absolute atomic E-state index is 8.96. The lowest BCUT2D eigenvalue weighted by Crippen LogP contribution is -2.11. The first-order valence-corrected chi connectivity index (χ1v) is 7.37. The monoisotopic (exact) mass is 314 g/mol. The van der Waals surface area contributed by atoms with E-state index < -0.39 is 0 Å². The molecule has 110 valence electrons. The Balaban J connectivity index is 2.66. The second-order valence-corrected chi connectivity index (χ2v) is 6.21. The lowest BCUT2D eigenvalue weighted by molar-refractivity contribution is 0.282. The molecule has 0 aliphatic carbocycles. The fourth-order valence-electron chi connectivity index (χ4n) is 1.86. The number of ether oxygens (including phenoxy) is 1. The van der Waals surface area contributed by atoms with E-state index in [-0.39, 0.29) is 5.41 Å². The molecule has 0 spiro atoms. The third-order valence-electron chi connectivity index (χ3n) is 2.99. The SMILES string of the molecule is CC(C)(C#N)CCCOc1c(Cl)cc(Cl)cc1CCN. The topological polar surface area (TPSA) is 59.0 Å². The Kier molecular flexibility index (Phi) is 6.61.